The van der Waals surface area contributed by atoms with E-state index in [4.69, 9.17) is 0 Å². The molecule has 0 aliphatic carbocycles. The third-order valence-corrected chi connectivity index (χ3v) is 6.24. The number of thiazole rings is 1. The van der Waals surface area contributed by atoms with Gasteiger partial charge < -0.3 is 5.32 Å². The fraction of sp³-hybridized carbons (Fsp3) is 0.217. The number of aromatic nitrogens is 1. The summed E-state index contributed by atoms with van der Waals surface area (Å²) in [6, 6.07) is 13.5. The Balaban J connectivity index is 1.58. The van der Waals surface area contributed by atoms with Crippen LogP contribution in [0.5, 0.6) is 0 Å². The molecule has 0 spiro atoms. The molecule has 1 aliphatic heterocycles. The summed E-state index contributed by atoms with van der Waals surface area (Å²) < 4.78 is 0.936. The van der Waals surface area contributed by atoms with Gasteiger partial charge in [-0.3, -0.25) is 19.3 Å². The molecule has 2 aromatic carbocycles. The third-order valence-electron chi connectivity index (χ3n) is 4.99. The topological polar surface area (TPSA) is 79.4 Å². The number of imide groups is 1. The average molecular weight is 498 g/mol. The van der Waals surface area contributed by atoms with E-state index in [1.165, 1.54) is 11.3 Å². The number of amides is 3. The number of benzene rings is 2. The zero-order chi connectivity index (χ0) is 22.1. The van der Waals surface area contributed by atoms with Crippen LogP contribution in [0.3, 0.4) is 0 Å². The first kappa shape index (κ1) is 21.4. The fourth-order valence-electron chi connectivity index (χ4n) is 3.57. The summed E-state index contributed by atoms with van der Waals surface area (Å²) in [5, 5.41) is 5.09. The molecule has 0 saturated carbocycles. The highest BCUT2D eigenvalue weighted by Crippen LogP contribution is 2.30. The molecule has 1 N–H and O–H groups in total. The molecule has 6 nitrogen and oxygen atoms in total. The Morgan fingerprint density at radius 1 is 1.10 bits per heavy atom. The van der Waals surface area contributed by atoms with E-state index in [9.17, 15) is 14.4 Å². The van der Waals surface area contributed by atoms with E-state index in [0.29, 0.717) is 22.7 Å². The predicted octanol–water partition coefficient (Wildman–Crippen LogP) is 5.22. The standard InChI is InChI=1S/C23H20BrN3O3S/c1-13(2)10-19(27-21(29)16-8-3-4-9-17(16)22(27)30)20(28)26-23-25-18(12-31-23)14-6-5-7-15(24)11-14/h3-9,11-13,19H,10H2,1-2H3,(H,25,26,28). The monoisotopic (exact) mass is 497 g/mol. The van der Waals surface area contributed by atoms with Gasteiger partial charge in [0, 0.05) is 15.4 Å². The Hall–Kier alpha value is -2.84. The van der Waals surface area contributed by atoms with Crippen LogP contribution in [0.15, 0.2) is 58.4 Å². The number of halogens is 1. The molecule has 0 radical (unpaired) electrons. The summed E-state index contributed by atoms with van der Waals surface area (Å²) in [5.41, 5.74) is 2.33. The van der Waals surface area contributed by atoms with Crippen LogP contribution in [0, 0.1) is 5.92 Å². The number of carbonyl (C=O) groups is 3. The molecule has 3 amide bonds. The smallest absolute Gasteiger partial charge is 0.262 e. The molecular weight excluding hydrogens is 478 g/mol. The Bertz CT molecular complexity index is 1140. The number of fused-ring (bicyclic) bond motifs is 1. The first-order chi connectivity index (χ1) is 14.8. The van der Waals surface area contributed by atoms with Crippen molar-refractivity contribution >= 4 is 50.1 Å². The highest BCUT2D eigenvalue weighted by molar-refractivity contribution is 9.10. The number of hydrogen-bond donors (Lipinski definition) is 1. The molecule has 8 heteroatoms. The highest BCUT2D eigenvalue weighted by atomic mass is 79.9. The van der Waals surface area contributed by atoms with Crippen LogP contribution >= 0.6 is 27.3 Å². The third kappa shape index (κ3) is 4.31. The van der Waals surface area contributed by atoms with Crippen molar-refractivity contribution in [1.29, 1.82) is 0 Å². The van der Waals surface area contributed by atoms with Gasteiger partial charge in [-0.15, -0.1) is 11.3 Å². The molecule has 1 atom stereocenters. The number of anilines is 1. The van der Waals surface area contributed by atoms with Crippen LogP contribution in [-0.2, 0) is 4.79 Å². The SMILES string of the molecule is CC(C)CC(C(=O)Nc1nc(-c2cccc(Br)c2)cs1)N1C(=O)c2ccccc2C1=O. The molecule has 158 valence electrons. The minimum Gasteiger partial charge on any atom is -0.300 e. The Morgan fingerprint density at radius 2 is 1.77 bits per heavy atom. The van der Waals surface area contributed by atoms with Crippen molar-refractivity contribution in [2.45, 2.75) is 26.3 Å². The number of hydrogen-bond acceptors (Lipinski definition) is 5. The lowest BCUT2D eigenvalue weighted by molar-refractivity contribution is -0.120. The Labute approximate surface area is 192 Å². The van der Waals surface area contributed by atoms with E-state index < -0.39 is 23.8 Å². The molecule has 0 bridgehead atoms. The quantitative estimate of drug-likeness (QED) is 0.473. The summed E-state index contributed by atoms with van der Waals surface area (Å²) >= 11 is 4.75. The van der Waals surface area contributed by atoms with E-state index in [2.05, 4.69) is 26.2 Å². The minimum absolute atomic E-state index is 0.105. The molecule has 3 aromatic rings. The predicted molar refractivity (Wildman–Crippen MR) is 124 cm³/mol. The zero-order valence-corrected chi connectivity index (χ0v) is 19.4. The van der Waals surface area contributed by atoms with Gasteiger partial charge in [-0.2, -0.15) is 0 Å². The largest absolute Gasteiger partial charge is 0.300 e. The van der Waals surface area contributed by atoms with Crippen molar-refractivity contribution in [3.63, 3.8) is 0 Å². The maximum absolute atomic E-state index is 13.2. The normalized spacial score (nSPS) is 14.1. The van der Waals surface area contributed by atoms with E-state index >= 15 is 0 Å². The van der Waals surface area contributed by atoms with Crippen molar-refractivity contribution in [2.75, 3.05) is 5.32 Å². The van der Waals surface area contributed by atoms with E-state index in [1.807, 2.05) is 43.5 Å². The minimum atomic E-state index is -0.911. The first-order valence-corrected chi connectivity index (χ1v) is 11.5. The summed E-state index contributed by atoms with van der Waals surface area (Å²) in [6.45, 7) is 3.90. The zero-order valence-electron chi connectivity index (χ0n) is 17.0. The first-order valence-electron chi connectivity index (χ1n) is 9.84. The Morgan fingerprint density at radius 3 is 2.39 bits per heavy atom. The van der Waals surface area contributed by atoms with Gasteiger partial charge in [0.1, 0.15) is 6.04 Å². The number of rotatable bonds is 6. The van der Waals surface area contributed by atoms with E-state index in [-0.39, 0.29) is 5.92 Å². The van der Waals surface area contributed by atoms with Crippen LogP contribution in [-0.4, -0.2) is 33.6 Å². The van der Waals surface area contributed by atoms with Gasteiger partial charge in [0.25, 0.3) is 11.8 Å². The van der Waals surface area contributed by atoms with E-state index in [0.717, 1.165) is 20.6 Å². The molecule has 1 aliphatic rings. The van der Waals surface area contributed by atoms with Gasteiger partial charge >= 0.3 is 0 Å². The average Bonchev–Trinajstić information content (AvgIpc) is 3.30. The second-order valence-electron chi connectivity index (χ2n) is 7.71. The van der Waals surface area contributed by atoms with Crippen molar-refractivity contribution in [3.8, 4) is 11.3 Å². The molecule has 31 heavy (non-hydrogen) atoms. The molecule has 1 aromatic heterocycles. The number of carbonyl (C=O) groups excluding carboxylic acids is 3. The van der Waals surface area contributed by atoms with Crippen LogP contribution < -0.4 is 5.32 Å². The summed E-state index contributed by atoms with van der Waals surface area (Å²) in [6.07, 6.45) is 0.362. The maximum atomic E-state index is 13.2. The van der Waals surface area contributed by atoms with Crippen molar-refractivity contribution in [1.82, 2.24) is 9.88 Å². The Kier molecular flexibility index (Phi) is 6.02. The number of nitrogens with one attached hydrogen (secondary N) is 1. The van der Waals surface area contributed by atoms with Crippen LogP contribution in [0.2, 0.25) is 0 Å². The molecule has 4 rings (SSSR count). The van der Waals surface area contributed by atoms with Gasteiger partial charge in [-0.1, -0.05) is 54.0 Å². The second-order valence-corrected chi connectivity index (χ2v) is 9.48. The lowest BCUT2D eigenvalue weighted by Gasteiger charge is -2.26. The molecule has 0 saturated heterocycles. The maximum Gasteiger partial charge on any atom is 0.262 e. The second kappa shape index (κ2) is 8.72. The summed E-state index contributed by atoms with van der Waals surface area (Å²) in [4.78, 5) is 44.6. The van der Waals surface area contributed by atoms with Gasteiger partial charge in [0.2, 0.25) is 5.91 Å². The van der Waals surface area contributed by atoms with Gasteiger partial charge in [0.15, 0.2) is 5.13 Å². The lowest BCUT2D eigenvalue weighted by atomic mass is 10.0. The van der Waals surface area contributed by atoms with Crippen LogP contribution in [0.4, 0.5) is 5.13 Å². The molecular formula is C23H20BrN3O3S. The van der Waals surface area contributed by atoms with Gasteiger partial charge in [0.05, 0.1) is 16.8 Å². The molecule has 1 unspecified atom stereocenters. The van der Waals surface area contributed by atoms with Gasteiger partial charge in [-0.25, -0.2) is 4.98 Å². The van der Waals surface area contributed by atoms with Gasteiger partial charge in [-0.05, 0) is 36.6 Å². The van der Waals surface area contributed by atoms with Crippen LogP contribution in [0.1, 0.15) is 41.0 Å². The van der Waals surface area contributed by atoms with Crippen molar-refractivity contribution in [2.24, 2.45) is 5.92 Å². The van der Waals surface area contributed by atoms with Crippen molar-refractivity contribution < 1.29 is 14.4 Å². The highest BCUT2D eigenvalue weighted by Gasteiger charge is 2.42. The van der Waals surface area contributed by atoms with Crippen LogP contribution in [0.25, 0.3) is 11.3 Å². The molecule has 0 fully saturated rings. The fourth-order valence-corrected chi connectivity index (χ4v) is 4.69. The van der Waals surface area contributed by atoms with E-state index in [1.54, 1.807) is 24.3 Å². The molecule has 2 heterocycles. The summed E-state index contributed by atoms with van der Waals surface area (Å²) in [7, 11) is 0. The summed E-state index contributed by atoms with van der Waals surface area (Å²) in [5.74, 6) is -1.18. The number of nitrogens with zero attached hydrogens (tertiary/aromatic N) is 2. The van der Waals surface area contributed by atoms with Crippen molar-refractivity contribution in [3.05, 3.63) is 69.5 Å². The lowest BCUT2D eigenvalue weighted by Crippen LogP contribution is -2.47.